The van der Waals surface area contributed by atoms with Gasteiger partial charge < -0.3 is 9.16 Å². The molecule has 1 atom stereocenters. The highest BCUT2D eigenvalue weighted by Crippen LogP contribution is 2.44. The summed E-state index contributed by atoms with van der Waals surface area (Å²) in [5.41, 5.74) is -0.568. The molecule has 0 aromatic heterocycles. The maximum atomic E-state index is 13.0. The summed E-state index contributed by atoms with van der Waals surface area (Å²) in [6.07, 6.45) is 8.12. The van der Waals surface area contributed by atoms with Gasteiger partial charge in [0.15, 0.2) is 8.32 Å². The third-order valence-corrected chi connectivity index (χ3v) is 10.5. The average Bonchev–Trinajstić information content (AvgIpc) is 3.02. The first kappa shape index (κ1) is 20.5. The minimum atomic E-state index is -1.83. The fourth-order valence-corrected chi connectivity index (χ4v) is 4.54. The van der Waals surface area contributed by atoms with Gasteiger partial charge in [-0.25, -0.2) is 4.79 Å². The van der Waals surface area contributed by atoms with E-state index >= 15 is 0 Å². The molecule has 0 aromatic carbocycles. The van der Waals surface area contributed by atoms with Crippen LogP contribution < -0.4 is 0 Å². The second-order valence-electron chi connectivity index (χ2n) is 10.2. The molecule has 1 fully saturated rings. The fraction of sp³-hybridized carbons (Fsp3) is 0.850. The second kappa shape index (κ2) is 6.73. The lowest BCUT2D eigenvalue weighted by Gasteiger charge is -2.41. The third-order valence-electron chi connectivity index (χ3n) is 6.01. The number of ether oxygens (including phenoxy) is 1. The number of carbonyl (C=O) groups is 1. The van der Waals surface area contributed by atoms with Gasteiger partial charge in [-0.3, -0.25) is 4.90 Å². The number of rotatable bonds is 3. The standard InChI is InChI=1S/C20H37NO3Si/c1-18(2,3)24-17(22)21-16(11-14-20(21)12-9-10-13-20)15-23-25(7,8)19(4,5)6/h9-10,16H,11-15H2,1-8H3/t16-/m0/s1. The van der Waals surface area contributed by atoms with E-state index in [2.05, 4.69) is 46.0 Å². The Morgan fingerprint density at radius 1 is 1.16 bits per heavy atom. The number of amides is 1. The number of hydrogen-bond acceptors (Lipinski definition) is 3. The molecule has 1 spiro atoms. The van der Waals surface area contributed by atoms with Gasteiger partial charge in [-0.05, 0) is 64.6 Å². The summed E-state index contributed by atoms with van der Waals surface area (Å²) in [5.74, 6) is 0. The molecular formula is C20H37NO3Si. The molecule has 0 N–H and O–H groups in total. The molecule has 1 heterocycles. The maximum Gasteiger partial charge on any atom is 0.411 e. The molecule has 0 saturated carbocycles. The van der Waals surface area contributed by atoms with E-state index in [4.69, 9.17) is 9.16 Å². The van der Waals surface area contributed by atoms with Crippen molar-refractivity contribution >= 4 is 14.4 Å². The summed E-state index contributed by atoms with van der Waals surface area (Å²) in [6, 6.07) is 0.115. The Bertz CT molecular complexity index is 520. The molecule has 4 nitrogen and oxygen atoms in total. The van der Waals surface area contributed by atoms with Crippen LogP contribution in [0, 0.1) is 0 Å². The summed E-state index contributed by atoms with van der Waals surface area (Å²) in [4.78, 5) is 15.0. The Labute approximate surface area is 155 Å². The summed E-state index contributed by atoms with van der Waals surface area (Å²) in [6.45, 7) is 17.7. The van der Waals surface area contributed by atoms with Gasteiger partial charge in [0, 0.05) is 0 Å². The first-order valence-corrected chi connectivity index (χ1v) is 12.5. The zero-order chi connectivity index (χ0) is 19.1. The van der Waals surface area contributed by atoms with Gasteiger partial charge in [0.2, 0.25) is 0 Å². The third kappa shape index (κ3) is 4.48. The lowest BCUT2D eigenvalue weighted by Crippen LogP contribution is -2.53. The van der Waals surface area contributed by atoms with Crippen LogP contribution in [0.2, 0.25) is 18.1 Å². The molecule has 1 amide bonds. The zero-order valence-electron chi connectivity index (χ0n) is 17.4. The lowest BCUT2D eigenvalue weighted by molar-refractivity contribution is -0.00591. The molecular weight excluding hydrogens is 330 g/mol. The number of carbonyl (C=O) groups excluding carboxylic acids is 1. The fourth-order valence-electron chi connectivity index (χ4n) is 3.49. The van der Waals surface area contributed by atoms with Crippen LogP contribution in [-0.2, 0) is 9.16 Å². The van der Waals surface area contributed by atoms with Crippen molar-refractivity contribution in [3.8, 4) is 0 Å². The molecule has 0 unspecified atom stereocenters. The van der Waals surface area contributed by atoms with Crippen molar-refractivity contribution in [2.45, 2.75) is 103 Å². The van der Waals surface area contributed by atoms with Gasteiger partial charge in [-0.15, -0.1) is 0 Å². The predicted octanol–water partition coefficient (Wildman–Crippen LogP) is 5.50. The van der Waals surface area contributed by atoms with Crippen LogP contribution in [-0.4, -0.2) is 43.1 Å². The predicted molar refractivity (Wildman–Crippen MR) is 105 cm³/mol. The van der Waals surface area contributed by atoms with Crippen LogP contribution in [0.15, 0.2) is 12.2 Å². The van der Waals surface area contributed by atoms with Gasteiger partial charge in [0.25, 0.3) is 0 Å². The van der Waals surface area contributed by atoms with Crippen LogP contribution in [0.1, 0.15) is 67.2 Å². The quantitative estimate of drug-likeness (QED) is 0.488. The lowest BCUT2D eigenvalue weighted by atomic mass is 9.94. The molecule has 144 valence electrons. The van der Waals surface area contributed by atoms with Crippen LogP contribution >= 0.6 is 0 Å². The average molecular weight is 368 g/mol. The molecule has 0 aromatic rings. The van der Waals surface area contributed by atoms with E-state index in [0.717, 1.165) is 25.7 Å². The van der Waals surface area contributed by atoms with Gasteiger partial charge in [-0.1, -0.05) is 32.9 Å². The highest BCUT2D eigenvalue weighted by atomic mass is 28.4. The van der Waals surface area contributed by atoms with E-state index in [1.807, 2.05) is 25.7 Å². The molecule has 25 heavy (non-hydrogen) atoms. The highest BCUT2D eigenvalue weighted by Gasteiger charge is 2.51. The van der Waals surface area contributed by atoms with Gasteiger partial charge in [0.05, 0.1) is 18.2 Å². The van der Waals surface area contributed by atoms with Crippen molar-refractivity contribution in [2.24, 2.45) is 0 Å². The molecule has 0 radical (unpaired) electrons. The highest BCUT2D eigenvalue weighted by molar-refractivity contribution is 6.74. The van der Waals surface area contributed by atoms with E-state index in [1.54, 1.807) is 0 Å². The van der Waals surface area contributed by atoms with Crippen molar-refractivity contribution in [3.63, 3.8) is 0 Å². The first-order valence-electron chi connectivity index (χ1n) is 9.59. The summed E-state index contributed by atoms with van der Waals surface area (Å²) in [5, 5.41) is 0.176. The maximum absolute atomic E-state index is 13.0. The SMILES string of the molecule is CC(C)(C)OC(=O)N1[C@H](CO[Si](C)(C)C(C)(C)C)CCC12CC=CC2. The minimum Gasteiger partial charge on any atom is -0.444 e. The molecule has 1 saturated heterocycles. The molecule has 1 aliphatic heterocycles. The Morgan fingerprint density at radius 2 is 1.72 bits per heavy atom. The molecule has 1 aliphatic carbocycles. The van der Waals surface area contributed by atoms with E-state index in [1.165, 1.54) is 0 Å². The smallest absolute Gasteiger partial charge is 0.411 e. The van der Waals surface area contributed by atoms with E-state index in [9.17, 15) is 4.79 Å². The van der Waals surface area contributed by atoms with Crippen LogP contribution in [0.3, 0.4) is 0 Å². The number of likely N-dealkylation sites (tertiary alicyclic amines) is 1. The van der Waals surface area contributed by atoms with E-state index in [0.29, 0.717) is 6.61 Å². The van der Waals surface area contributed by atoms with Crippen molar-refractivity contribution in [2.75, 3.05) is 6.61 Å². The Morgan fingerprint density at radius 3 is 2.20 bits per heavy atom. The Kier molecular flexibility index (Phi) is 5.52. The van der Waals surface area contributed by atoms with Crippen LogP contribution in [0.5, 0.6) is 0 Å². The Balaban J connectivity index is 2.15. The van der Waals surface area contributed by atoms with Crippen molar-refractivity contribution in [3.05, 3.63) is 12.2 Å². The van der Waals surface area contributed by atoms with Crippen LogP contribution in [0.4, 0.5) is 4.79 Å². The van der Waals surface area contributed by atoms with Gasteiger partial charge in [-0.2, -0.15) is 0 Å². The normalized spacial score (nSPS) is 23.5. The number of nitrogens with zero attached hydrogens (tertiary/aromatic N) is 1. The molecule has 5 heteroatoms. The minimum absolute atomic E-state index is 0.0935. The van der Waals surface area contributed by atoms with Crippen molar-refractivity contribution < 1.29 is 14.0 Å². The monoisotopic (exact) mass is 367 g/mol. The van der Waals surface area contributed by atoms with Crippen molar-refractivity contribution in [1.29, 1.82) is 0 Å². The molecule has 2 rings (SSSR count). The first-order chi connectivity index (χ1) is 11.3. The Hall–Kier alpha value is -0.813. The van der Waals surface area contributed by atoms with Gasteiger partial charge in [0.1, 0.15) is 5.60 Å². The number of hydrogen-bond donors (Lipinski definition) is 0. The van der Waals surface area contributed by atoms with E-state index < -0.39 is 13.9 Å². The largest absolute Gasteiger partial charge is 0.444 e. The second-order valence-corrected chi connectivity index (χ2v) is 15.0. The topological polar surface area (TPSA) is 38.8 Å². The van der Waals surface area contributed by atoms with Gasteiger partial charge >= 0.3 is 6.09 Å². The van der Waals surface area contributed by atoms with E-state index in [-0.39, 0.29) is 22.7 Å². The zero-order valence-corrected chi connectivity index (χ0v) is 18.4. The summed E-state index contributed by atoms with van der Waals surface area (Å²) < 4.78 is 12.2. The van der Waals surface area contributed by atoms with Crippen molar-refractivity contribution in [1.82, 2.24) is 4.90 Å². The molecule has 0 bridgehead atoms. The molecule has 2 aliphatic rings. The summed E-state index contributed by atoms with van der Waals surface area (Å²) >= 11 is 0. The summed E-state index contributed by atoms with van der Waals surface area (Å²) in [7, 11) is -1.83. The van der Waals surface area contributed by atoms with Crippen LogP contribution in [0.25, 0.3) is 0 Å².